The molecule has 0 saturated heterocycles. The van der Waals surface area contributed by atoms with E-state index in [1.54, 1.807) is 12.5 Å². The molecule has 3 heteroatoms. The summed E-state index contributed by atoms with van der Waals surface area (Å²) in [5.41, 5.74) is 1.07. The summed E-state index contributed by atoms with van der Waals surface area (Å²) >= 11 is 0. The van der Waals surface area contributed by atoms with Crippen molar-refractivity contribution in [2.24, 2.45) is 17.8 Å². The van der Waals surface area contributed by atoms with Crippen LogP contribution in [0.3, 0.4) is 0 Å². The molecule has 2 aliphatic rings. The maximum Gasteiger partial charge on any atom is 0.143 e. The maximum atomic E-state index is 5.15. The molecule has 2 aromatic heterocycles. The molecular weight excluding hydrogens is 236 g/mol. The number of hydrogen-bond donors (Lipinski definition) is 0. The van der Waals surface area contributed by atoms with Crippen LogP contribution in [0.15, 0.2) is 47.6 Å². The highest BCUT2D eigenvalue weighted by Gasteiger charge is 2.35. The van der Waals surface area contributed by atoms with Gasteiger partial charge in [0.1, 0.15) is 12.1 Å². The van der Waals surface area contributed by atoms with Gasteiger partial charge >= 0.3 is 0 Å². The number of fused-ring (bicyclic) bond motifs is 2. The highest BCUT2D eigenvalue weighted by Crippen LogP contribution is 2.45. The molecule has 2 aromatic rings. The van der Waals surface area contributed by atoms with Crippen molar-refractivity contribution >= 4 is 0 Å². The molecule has 0 spiro atoms. The molecule has 0 amide bonds. The Morgan fingerprint density at radius 3 is 3.05 bits per heavy atom. The summed E-state index contributed by atoms with van der Waals surface area (Å²) in [6.07, 6.45) is 16.3. The van der Waals surface area contributed by atoms with Crippen molar-refractivity contribution in [1.82, 2.24) is 9.55 Å². The Hall–Kier alpha value is -1.77. The summed E-state index contributed by atoms with van der Waals surface area (Å²) in [4.78, 5) is 4.44. The van der Waals surface area contributed by atoms with Gasteiger partial charge in [0.15, 0.2) is 0 Å². The van der Waals surface area contributed by atoms with Crippen LogP contribution in [0.25, 0.3) is 11.4 Å². The van der Waals surface area contributed by atoms with Gasteiger partial charge in [-0.15, -0.1) is 0 Å². The zero-order valence-corrected chi connectivity index (χ0v) is 10.9. The second kappa shape index (κ2) is 4.41. The summed E-state index contributed by atoms with van der Waals surface area (Å²) < 4.78 is 7.40. The lowest BCUT2D eigenvalue weighted by molar-refractivity contribution is 0.389. The van der Waals surface area contributed by atoms with Crippen LogP contribution in [0.4, 0.5) is 0 Å². The van der Waals surface area contributed by atoms with Gasteiger partial charge in [0, 0.05) is 18.9 Å². The average molecular weight is 254 g/mol. The van der Waals surface area contributed by atoms with Crippen LogP contribution in [0.5, 0.6) is 0 Å². The Bertz CT molecular complexity index is 582. The molecule has 1 fully saturated rings. The number of aromatic nitrogens is 2. The molecule has 4 rings (SSSR count). The van der Waals surface area contributed by atoms with Gasteiger partial charge in [-0.25, -0.2) is 4.98 Å². The van der Waals surface area contributed by atoms with Crippen molar-refractivity contribution in [3.63, 3.8) is 0 Å². The van der Waals surface area contributed by atoms with E-state index in [-0.39, 0.29) is 0 Å². The minimum absolute atomic E-state index is 0.839. The minimum atomic E-state index is 0.839. The molecule has 98 valence electrons. The van der Waals surface area contributed by atoms with Crippen molar-refractivity contribution in [2.45, 2.75) is 25.8 Å². The molecule has 2 heterocycles. The lowest BCUT2D eigenvalue weighted by atomic mass is 9.90. The standard InChI is InChI=1S/C16H18N2O/c1-2-13-9-12(1)10-14(13)3-6-18-7-5-17-16(18)15-4-8-19-11-15/h1-2,4-5,7-8,11-14H,3,6,9-10H2/t12-,13+,14-/m1/s1. The van der Waals surface area contributed by atoms with E-state index in [1.807, 2.05) is 12.3 Å². The quantitative estimate of drug-likeness (QED) is 0.778. The Morgan fingerprint density at radius 1 is 1.32 bits per heavy atom. The molecular formula is C16H18N2O. The highest BCUT2D eigenvalue weighted by atomic mass is 16.3. The van der Waals surface area contributed by atoms with Gasteiger partial charge in [-0.3, -0.25) is 0 Å². The number of nitrogens with zero attached hydrogens (tertiary/aromatic N) is 2. The fraction of sp³-hybridized carbons (Fsp3) is 0.438. The number of hydrogen-bond acceptors (Lipinski definition) is 2. The number of aryl methyl sites for hydroxylation is 1. The third-order valence-corrected chi connectivity index (χ3v) is 4.65. The fourth-order valence-corrected chi connectivity index (χ4v) is 3.67. The topological polar surface area (TPSA) is 31.0 Å². The Balaban J connectivity index is 1.46. The van der Waals surface area contributed by atoms with Crippen LogP contribution in [-0.2, 0) is 6.54 Å². The van der Waals surface area contributed by atoms with Crippen LogP contribution < -0.4 is 0 Å². The van der Waals surface area contributed by atoms with Gasteiger partial charge in [-0.05, 0) is 43.1 Å². The van der Waals surface area contributed by atoms with E-state index >= 15 is 0 Å². The van der Waals surface area contributed by atoms with E-state index in [9.17, 15) is 0 Å². The van der Waals surface area contributed by atoms with E-state index in [4.69, 9.17) is 4.42 Å². The van der Waals surface area contributed by atoms with Crippen LogP contribution in [-0.4, -0.2) is 9.55 Å². The van der Waals surface area contributed by atoms with Gasteiger partial charge in [0.25, 0.3) is 0 Å². The van der Waals surface area contributed by atoms with Gasteiger partial charge in [-0.2, -0.15) is 0 Å². The molecule has 0 radical (unpaired) electrons. The SMILES string of the molecule is C1=C[C@H]2C[C@@H]1C[C@H]2CCn1ccnc1-c1ccoc1. The Morgan fingerprint density at radius 2 is 2.32 bits per heavy atom. The third kappa shape index (κ3) is 1.93. The van der Waals surface area contributed by atoms with E-state index < -0.39 is 0 Å². The summed E-state index contributed by atoms with van der Waals surface area (Å²) in [7, 11) is 0. The normalized spacial score (nSPS) is 28.3. The van der Waals surface area contributed by atoms with Crippen molar-refractivity contribution in [3.05, 3.63) is 43.1 Å². The van der Waals surface area contributed by atoms with Crippen molar-refractivity contribution in [3.8, 4) is 11.4 Å². The lowest BCUT2D eigenvalue weighted by Gasteiger charge is -2.18. The Labute approximate surface area is 113 Å². The van der Waals surface area contributed by atoms with Crippen molar-refractivity contribution in [2.75, 3.05) is 0 Å². The minimum Gasteiger partial charge on any atom is -0.472 e. The molecule has 2 bridgehead atoms. The van der Waals surface area contributed by atoms with Gasteiger partial charge in [-0.1, -0.05) is 12.2 Å². The van der Waals surface area contributed by atoms with Crippen LogP contribution >= 0.6 is 0 Å². The van der Waals surface area contributed by atoms with Crippen molar-refractivity contribution < 1.29 is 4.42 Å². The largest absolute Gasteiger partial charge is 0.472 e. The molecule has 2 aliphatic carbocycles. The molecule has 1 saturated carbocycles. The molecule has 0 unspecified atom stereocenters. The summed E-state index contributed by atoms with van der Waals surface area (Å²) in [6, 6.07) is 1.97. The predicted molar refractivity (Wildman–Crippen MR) is 73.4 cm³/mol. The van der Waals surface area contributed by atoms with E-state index in [2.05, 4.69) is 27.9 Å². The first-order chi connectivity index (χ1) is 9.40. The number of imidazole rings is 1. The number of rotatable bonds is 4. The first kappa shape index (κ1) is 11.1. The monoisotopic (exact) mass is 254 g/mol. The van der Waals surface area contributed by atoms with Crippen molar-refractivity contribution in [1.29, 1.82) is 0 Å². The first-order valence-electron chi connectivity index (χ1n) is 7.12. The first-order valence-corrected chi connectivity index (χ1v) is 7.12. The average Bonchev–Trinajstić information content (AvgIpc) is 3.18. The van der Waals surface area contributed by atoms with Crippen LogP contribution in [0, 0.1) is 17.8 Å². The smallest absolute Gasteiger partial charge is 0.143 e. The summed E-state index contributed by atoms with van der Waals surface area (Å²) in [5, 5.41) is 0. The second-order valence-electron chi connectivity index (χ2n) is 5.79. The zero-order valence-electron chi connectivity index (χ0n) is 10.9. The second-order valence-corrected chi connectivity index (χ2v) is 5.79. The van der Waals surface area contributed by atoms with Crippen LogP contribution in [0.1, 0.15) is 19.3 Å². The van der Waals surface area contributed by atoms with E-state index in [0.717, 1.165) is 35.7 Å². The van der Waals surface area contributed by atoms with E-state index in [1.165, 1.54) is 19.3 Å². The molecule has 0 N–H and O–H groups in total. The lowest BCUT2D eigenvalue weighted by Crippen LogP contribution is -2.11. The summed E-state index contributed by atoms with van der Waals surface area (Å²) in [5.74, 6) is 3.60. The third-order valence-electron chi connectivity index (χ3n) is 4.65. The van der Waals surface area contributed by atoms with Gasteiger partial charge in [0.05, 0.1) is 11.8 Å². The maximum absolute atomic E-state index is 5.15. The number of allylic oxidation sites excluding steroid dienone is 2. The van der Waals surface area contributed by atoms with Crippen LogP contribution in [0.2, 0.25) is 0 Å². The number of furan rings is 1. The predicted octanol–water partition coefficient (Wildman–Crippen LogP) is 3.75. The Kier molecular flexibility index (Phi) is 2.57. The molecule has 3 nitrogen and oxygen atoms in total. The zero-order chi connectivity index (χ0) is 12.7. The molecule has 19 heavy (non-hydrogen) atoms. The van der Waals surface area contributed by atoms with Gasteiger partial charge < -0.3 is 8.98 Å². The highest BCUT2D eigenvalue weighted by molar-refractivity contribution is 5.53. The molecule has 0 aromatic carbocycles. The molecule has 0 aliphatic heterocycles. The molecule has 3 atom stereocenters. The fourth-order valence-electron chi connectivity index (χ4n) is 3.67. The van der Waals surface area contributed by atoms with Gasteiger partial charge in [0.2, 0.25) is 0 Å². The van der Waals surface area contributed by atoms with E-state index in [0.29, 0.717) is 0 Å². The summed E-state index contributed by atoms with van der Waals surface area (Å²) in [6.45, 7) is 1.06.